The summed E-state index contributed by atoms with van der Waals surface area (Å²) in [6.07, 6.45) is 5.38. The number of pyridine rings is 2. The smallest absolute Gasteiger partial charge is 0.177 e. The van der Waals surface area contributed by atoms with Gasteiger partial charge in [0.1, 0.15) is 5.82 Å². The molecule has 16 heavy (non-hydrogen) atoms. The number of imidazole rings is 1. The van der Waals surface area contributed by atoms with Crippen molar-refractivity contribution in [1.82, 2.24) is 19.9 Å². The summed E-state index contributed by atoms with van der Waals surface area (Å²) in [5, 5.41) is 0. The molecule has 0 fully saturated rings. The molecule has 0 aliphatic carbocycles. The van der Waals surface area contributed by atoms with Crippen LogP contribution in [0.5, 0.6) is 0 Å². The van der Waals surface area contributed by atoms with Gasteiger partial charge in [-0.2, -0.15) is 0 Å². The van der Waals surface area contributed by atoms with Crippen LogP contribution in [0.3, 0.4) is 0 Å². The van der Waals surface area contributed by atoms with E-state index in [9.17, 15) is 0 Å². The maximum absolute atomic E-state index is 4.32. The van der Waals surface area contributed by atoms with Crippen LogP contribution in [0.4, 0.5) is 0 Å². The summed E-state index contributed by atoms with van der Waals surface area (Å²) < 4.78 is 0. The maximum Gasteiger partial charge on any atom is 0.177 e. The second-order valence-corrected chi connectivity index (χ2v) is 3.65. The minimum Gasteiger partial charge on any atom is -0.341 e. The molecule has 0 saturated carbocycles. The fourth-order valence-electron chi connectivity index (χ4n) is 1.72. The first-order valence-electron chi connectivity index (χ1n) is 5.06. The van der Waals surface area contributed by atoms with E-state index >= 15 is 0 Å². The first-order valence-corrected chi connectivity index (χ1v) is 5.06. The SMILES string of the molecule is Cc1nc2ncc(-c3ccncc3)cc2[nH]1. The summed E-state index contributed by atoms with van der Waals surface area (Å²) in [4.78, 5) is 15.8. The number of hydrogen-bond acceptors (Lipinski definition) is 3. The molecule has 3 heterocycles. The summed E-state index contributed by atoms with van der Waals surface area (Å²) in [5.74, 6) is 0.884. The van der Waals surface area contributed by atoms with E-state index in [4.69, 9.17) is 0 Å². The monoisotopic (exact) mass is 210 g/mol. The molecule has 0 bridgehead atoms. The van der Waals surface area contributed by atoms with Crippen molar-refractivity contribution in [3.05, 3.63) is 42.6 Å². The predicted molar refractivity (Wildman–Crippen MR) is 61.9 cm³/mol. The fraction of sp³-hybridized carbons (Fsp3) is 0.0833. The molecule has 0 aliphatic heterocycles. The average Bonchev–Trinajstić information content (AvgIpc) is 2.69. The number of nitrogens with zero attached hydrogens (tertiary/aromatic N) is 3. The molecule has 0 aromatic carbocycles. The Labute approximate surface area is 92.4 Å². The summed E-state index contributed by atoms with van der Waals surface area (Å²) in [6, 6.07) is 5.98. The van der Waals surface area contributed by atoms with Crippen LogP contribution >= 0.6 is 0 Å². The minimum atomic E-state index is 0.760. The van der Waals surface area contributed by atoms with Crippen molar-refractivity contribution < 1.29 is 0 Å². The van der Waals surface area contributed by atoms with Crippen LogP contribution in [0.1, 0.15) is 5.82 Å². The normalized spacial score (nSPS) is 10.8. The van der Waals surface area contributed by atoms with Crippen LogP contribution in [0, 0.1) is 6.92 Å². The molecule has 3 aromatic heterocycles. The van der Waals surface area contributed by atoms with E-state index in [1.54, 1.807) is 12.4 Å². The highest BCUT2D eigenvalue weighted by Crippen LogP contribution is 2.20. The zero-order valence-electron chi connectivity index (χ0n) is 8.81. The third-order valence-electron chi connectivity index (χ3n) is 2.47. The number of hydrogen-bond donors (Lipinski definition) is 1. The zero-order chi connectivity index (χ0) is 11.0. The lowest BCUT2D eigenvalue weighted by Crippen LogP contribution is -1.82. The van der Waals surface area contributed by atoms with Crippen LogP contribution in [-0.2, 0) is 0 Å². The van der Waals surface area contributed by atoms with Gasteiger partial charge in [-0.25, -0.2) is 9.97 Å². The predicted octanol–water partition coefficient (Wildman–Crippen LogP) is 2.33. The Hall–Kier alpha value is -2.23. The molecule has 0 atom stereocenters. The van der Waals surface area contributed by atoms with Crippen molar-refractivity contribution in [2.75, 3.05) is 0 Å². The van der Waals surface area contributed by atoms with Crippen molar-refractivity contribution in [2.45, 2.75) is 6.92 Å². The summed E-state index contributed by atoms with van der Waals surface area (Å²) >= 11 is 0. The van der Waals surface area contributed by atoms with Crippen LogP contribution in [0.2, 0.25) is 0 Å². The number of aryl methyl sites for hydroxylation is 1. The van der Waals surface area contributed by atoms with Gasteiger partial charge in [0.2, 0.25) is 0 Å². The lowest BCUT2D eigenvalue weighted by atomic mass is 10.1. The largest absolute Gasteiger partial charge is 0.341 e. The van der Waals surface area contributed by atoms with Gasteiger partial charge in [0.05, 0.1) is 5.52 Å². The van der Waals surface area contributed by atoms with E-state index in [0.717, 1.165) is 28.1 Å². The van der Waals surface area contributed by atoms with Gasteiger partial charge in [0, 0.05) is 24.2 Å². The third kappa shape index (κ3) is 1.44. The van der Waals surface area contributed by atoms with Gasteiger partial charge >= 0.3 is 0 Å². The van der Waals surface area contributed by atoms with Gasteiger partial charge in [-0.3, -0.25) is 4.98 Å². The Kier molecular flexibility index (Phi) is 1.93. The number of aromatic nitrogens is 4. The molecular weight excluding hydrogens is 200 g/mol. The zero-order valence-corrected chi connectivity index (χ0v) is 8.81. The van der Waals surface area contributed by atoms with Gasteiger partial charge < -0.3 is 4.98 Å². The van der Waals surface area contributed by atoms with E-state index in [1.165, 1.54) is 0 Å². The molecule has 4 heteroatoms. The van der Waals surface area contributed by atoms with Crippen molar-refractivity contribution in [1.29, 1.82) is 0 Å². The van der Waals surface area contributed by atoms with Gasteiger partial charge in [-0.15, -0.1) is 0 Å². The van der Waals surface area contributed by atoms with Gasteiger partial charge in [0.15, 0.2) is 5.65 Å². The van der Waals surface area contributed by atoms with E-state index in [1.807, 2.05) is 25.3 Å². The van der Waals surface area contributed by atoms with Gasteiger partial charge in [-0.05, 0) is 30.7 Å². The van der Waals surface area contributed by atoms with Crippen LogP contribution in [0.25, 0.3) is 22.3 Å². The lowest BCUT2D eigenvalue weighted by molar-refractivity contribution is 1.16. The molecule has 0 aliphatic rings. The molecule has 3 rings (SSSR count). The van der Waals surface area contributed by atoms with E-state index in [-0.39, 0.29) is 0 Å². The Morgan fingerprint density at radius 3 is 2.75 bits per heavy atom. The topological polar surface area (TPSA) is 54.5 Å². The van der Waals surface area contributed by atoms with E-state index in [2.05, 4.69) is 26.0 Å². The average molecular weight is 210 g/mol. The Bertz CT molecular complexity index is 628. The van der Waals surface area contributed by atoms with E-state index in [0.29, 0.717) is 0 Å². The highest BCUT2D eigenvalue weighted by molar-refractivity contribution is 5.77. The number of H-pyrrole nitrogens is 1. The molecule has 78 valence electrons. The third-order valence-corrected chi connectivity index (χ3v) is 2.47. The summed E-state index contributed by atoms with van der Waals surface area (Å²) in [7, 11) is 0. The van der Waals surface area contributed by atoms with Crippen molar-refractivity contribution in [2.24, 2.45) is 0 Å². The molecule has 0 amide bonds. The van der Waals surface area contributed by atoms with Crippen molar-refractivity contribution >= 4 is 11.2 Å². The highest BCUT2D eigenvalue weighted by atomic mass is 15.0. The standard InChI is InChI=1S/C12H10N4/c1-8-15-11-6-10(7-14-12(11)16-8)9-2-4-13-5-3-9/h2-7H,1H3,(H,14,15,16). The summed E-state index contributed by atoms with van der Waals surface area (Å²) in [5.41, 5.74) is 3.90. The maximum atomic E-state index is 4.32. The van der Waals surface area contributed by atoms with Crippen molar-refractivity contribution in [3.8, 4) is 11.1 Å². The molecule has 0 saturated heterocycles. The number of nitrogens with one attached hydrogen (secondary N) is 1. The second-order valence-electron chi connectivity index (χ2n) is 3.65. The Morgan fingerprint density at radius 2 is 1.94 bits per heavy atom. The molecule has 0 radical (unpaired) electrons. The first kappa shape index (κ1) is 9.03. The van der Waals surface area contributed by atoms with E-state index < -0.39 is 0 Å². The fourth-order valence-corrected chi connectivity index (χ4v) is 1.72. The first-order chi connectivity index (χ1) is 7.83. The molecular formula is C12H10N4. The van der Waals surface area contributed by atoms with Crippen LogP contribution < -0.4 is 0 Å². The van der Waals surface area contributed by atoms with Gasteiger partial charge in [-0.1, -0.05) is 0 Å². The molecule has 0 spiro atoms. The molecule has 3 aromatic rings. The highest BCUT2D eigenvalue weighted by Gasteiger charge is 2.03. The Balaban J connectivity index is 2.18. The lowest BCUT2D eigenvalue weighted by Gasteiger charge is -1.99. The Morgan fingerprint density at radius 1 is 1.12 bits per heavy atom. The van der Waals surface area contributed by atoms with Crippen molar-refractivity contribution in [3.63, 3.8) is 0 Å². The van der Waals surface area contributed by atoms with Crippen LogP contribution in [-0.4, -0.2) is 19.9 Å². The summed E-state index contributed by atoms with van der Waals surface area (Å²) in [6.45, 7) is 1.92. The quantitative estimate of drug-likeness (QED) is 0.670. The minimum absolute atomic E-state index is 0.760. The number of fused-ring (bicyclic) bond motifs is 1. The van der Waals surface area contributed by atoms with Crippen LogP contribution in [0.15, 0.2) is 36.8 Å². The molecule has 4 nitrogen and oxygen atoms in total. The number of aromatic amines is 1. The van der Waals surface area contributed by atoms with Gasteiger partial charge in [0.25, 0.3) is 0 Å². The number of rotatable bonds is 1. The molecule has 1 N–H and O–H groups in total. The second kappa shape index (κ2) is 3.41. The molecule has 0 unspecified atom stereocenters.